The van der Waals surface area contributed by atoms with E-state index in [1.54, 1.807) is 20.3 Å². The molecule has 0 saturated heterocycles. The van der Waals surface area contributed by atoms with Crippen molar-refractivity contribution in [2.24, 2.45) is 0 Å². The molecule has 2 aromatic carbocycles. The molecule has 1 aromatic heterocycles. The van der Waals surface area contributed by atoms with Gasteiger partial charge in [0.2, 0.25) is 5.95 Å². The van der Waals surface area contributed by atoms with E-state index in [1.807, 2.05) is 43.1 Å². The molecule has 0 aliphatic carbocycles. The maximum Gasteiger partial charge on any atom is 0.260 e. The van der Waals surface area contributed by atoms with E-state index in [4.69, 9.17) is 19.3 Å². The van der Waals surface area contributed by atoms with Crippen LogP contribution in [0.4, 0.5) is 5.95 Å². The van der Waals surface area contributed by atoms with E-state index in [2.05, 4.69) is 9.97 Å². The average molecular weight is 399 g/mol. The molecule has 0 aliphatic heterocycles. The Labute approximate surface area is 168 Å². The van der Waals surface area contributed by atoms with Crippen LogP contribution in [0.5, 0.6) is 17.2 Å². The number of aliphatic hydroxyl groups is 1. The Hall–Kier alpha value is -3.26. The van der Waals surface area contributed by atoms with Gasteiger partial charge in [-0.1, -0.05) is 12.1 Å². The Morgan fingerprint density at radius 2 is 2.00 bits per heavy atom. The maximum absolute atomic E-state index is 12.8. The van der Waals surface area contributed by atoms with Crippen LogP contribution in [0.2, 0.25) is 0 Å². The van der Waals surface area contributed by atoms with Gasteiger partial charge in [-0.2, -0.15) is 0 Å². The van der Waals surface area contributed by atoms with E-state index < -0.39 is 0 Å². The first-order chi connectivity index (χ1) is 14.0. The first kappa shape index (κ1) is 20.5. The SMILES string of the molecule is COc1cc2nc(N(C)Cc3cccc(OCCO)c3)[nH]c(=O)c2c(C)c1OC. The predicted octanol–water partition coefficient (Wildman–Crippen LogP) is 2.26. The number of ether oxygens (including phenoxy) is 3. The number of nitrogens with one attached hydrogen (secondary N) is 1. The molecule has 0 atom stereocenters. The second-order valence-electron chi connectivity index (χ2n) is 6.60. The van der Waals surface area contributed by atoms with Crippen LogP contribution >= 0.6 is 0 Å². The van der Waals surface area contributed by atoms with Gasteiger partial charge in [-0.05, 0) is 24.6 Å². The number of benzene rings is 2. The molecule has 8 nitrogen and oxygen atoms in total. The van der Waals surface area contributed by atoms with Gasteiger partial charge in [0.1, 0.15) is 12.4 Å². The molecule has 154 valence electrons. The molecule has 3 rings (SSSR count). The lowest BCUT2D eigenvalue weighted by Crippen LogP contribution is -2.23. The summed E-state index contributed by atoms with van der Waals surface area (Å²) >= 11 is 0. The summed E-state index contributed by atoms with van der Waals surface area (Å²) in [5.41, 5.74) is 1.95. The number of nitrogens with zero attached hydrogens (tertiary/aromatic N) is 2. The highest BCUT2D eigenvalue weighted by molar-refractivity contribution is 5.86. The minimum Gasteiger partial charge on any atom is -0.493 e. The van der Waals surface area contributed by atoms with E-state index in [0.717, 1.165) is 5.56 Å². The third-order valence-electron chi connectivity index (χ3n) is 4.61. The summed E-state index contributed by atoms with van der Waals surface area (Å²) in [5.74, 6) is 2.17. The van der Waals surface area contributed by atoms with E-state index in [1.165, 1.54) is 0 Å². The molecule has 1 heterocycles. The number of aryl methyl sites for hydroxylation is 1. The van der Waals surface area contributed by atoms with Crippen molar-refractivity contribution < 1.29 is 19.3 Å². The van der Waals surface area contributed by atoms with Crippen LogP contribution in [0, 0.1) is 6.92 Å². The Morgan fingerprint density at radius 1 is 1.21 bits per heavy atom. The molecule has 0 amide bonds. The summed E-state index contributed by atoms with van der Waals surface area (Å²) in [4.78, 5) is 22.1. The molecule has 0 saturated carbocycles. The second kappa shape index (κ2) is 8.83. The van der Waals surface area contributed by atoms with Crippen LogP contribution in [0.3, 0.4) is 0 Å². The Bertz CT molecular complexity index is 1060. The molecule has 29 heavy (non-hydrogen) atoms. The molecular weight excluding hydrogens is 374 g/mol. The summed E-state index contributed by atoms with van der Waals surface area (Å²) in [6, 6.07) is 9.27. The summed E-state index contributed by atoms with van der Waals surface area (Å²) in [6.07, 6.45) is 0. The Kier molecular flexibility index (Phi) is 6.23. The predicted molar refractivity (Wildman–Crippen MR) is 111 cm³/mol. The Balaban J connectivity index is 1.94. The standard InChI is InChI=1S/C21H25N3O5/c1-13-18-16(11-17(27-3)19(13)28-4)22-21(23-20(18)26)24(2)12-14-6-5-7-15(10-14)29-9-8-25/h5-7,10-11,25H,8-9,12H2,1-4H3,(H,22,23,26). The summed E-state index contributed by atoms with van der Waals surface area (Å²) in [6.45, 7) is 2.52. The van der Waals surface area contributed by atoms with E-state index in [0.29, 0.717) is 46.2 Å². The molecule has 2 N–H and O–H groups in total. The summed E-state index contributed by atoms with van der Waals surface area (Å²) in [5, 5.41) is 9.37. The van der Waals surface area contributed by atoms with Crippen molar-refractivity contribution in [3.8, 4) is 17.2 Å². The largest absolute Gasteiger partial charge is 0.493 e. The molecule has 0 unspecified atom stereocenters. The number of methoxy groups -OCH3 is 2. The number of rotatable bonds is 8. The lowest BCUT2D eigenvalue weighted by Gasteiger charge is -2.19. The smallest absolute Gasteiger partial charge is 0.260 e. The molecule has 0 radical (unpaired) electrons. The third kappa shape index (κ3) is 4.27. The third-order valence-corrected chi connectivity index (χ3v) is 4.61. The van der Waals surface area contributed by atoms with Crippen molar-refractivity contribution in [3.63, 3.8) is 0 Å². The molecule has 0 spiro atoms. The van der Waals surface area contributed by atoms with Crippen LogP contribution in [-0.4, -0.2) is 49.6 Å². The second-order valence-corrected chi connectivity index (χ2v) is 6.60. The number of aromatic nitrogens is 2. The van der Waals surface area contributed by atoms with E-state index in [-0.39, 0.29) is 18.8 Å². The van der Waals surface area contributed by atoms with Crippen molar-refractivity contribution in [2.45, 2.75) is 13.5 Å². The van der Waals surface area contributed by atoms with Gasteiger partial charge in [0.25, 0.3) is 5.56 Å². The topological polar surface area (TPSA) is 96.9 Å². The summed E-state index contributed by atoms with van der Waals surface area (Å²) < 4.78 is 16.2. The highest BCUT2D eigenvalue weighted by atomic mass is 16.5. The fraction of sp³-hybridized carbons (Fsp3) is 0.333. The zero-order valence-corrected chi connectivity index (χ0v) is 17.0. The van der Waals surface area contributed by atoms with Gasteiger partial charge < -0.3 is 24.2 Å². The first-order valence-electron chi connectivity index (χ1n) is 9.17. The van der Waals surface area contributed by atoms with Gasteiger partial charge in [-0.3, -0.25) is 9.78 Å². The molecule has 8 heteroatoms. The van der Waals surface area contributed by atoms with Gasteiger partial charge in [-0.25, -0.2) is 4.98 Å². The zero-order valence-electron chi connectivity index (χ0n) is 17.0. The quantitative estimate of drug-likeness (QED) is 0.600. The van der Waals surface area contributed by atoms with Crippen molar-refractivity contribution in [3.05, 3.63) is 51.8 Å². The monoisotopic (exact) mass is 399 g/mol. The number of anilines is 1. The van der Waals surface area contributed by atoms with Crippen molar-refractivity contribution in [1.82, 2.24) is 9.97 Å². The number of fused-ring (bicyclic) bond motifs is 1. The maximum atomic E-state index is 12.8. The Morgan fingerprint density at radius 3 is 2.69 bits per heavy atom. The zero-order chi connectivity index (χ0) is 21.0. The lowest BCUT2D eigenvalue weighted by molar-refractivity contribution is 0.201. The number of hydrogen-bond donors (Lipinski definition) is 2. The molecule has 0 aliphatic rings. The van der Waals surface area contributed by atoms with Gasteiger partial charge in [-0.15, -0.1) is 0 Å². The minimum absolute atomic E-state index is 0.0416. The highest BCUT2D eigenvalue weighted by Gasteiger charge is 2.17. The normalized spacial score (nSPS) is 10.8. The van der Waals surface area contributed by atoms with Gasteiger partial charge >= 0.3 is 0 Å². The van der Waals surface area contributed by atoms with E-state index >= 15 is 0 Å². The summed E-state index contributed by atoms with van der Waals surface area (Å²) in [7, 11) is 4.94. The lowest BCUT2D eigenvalue weighted by atomic mass is 10.1. The molecule has 0 bridgehead atoms. The van der Waals surface area contributed by atoms with Crippen LogP contribution in [0.15, 0.2) is 35.1 Å². The molecule has 0 fully saturated rings. The van der Waals surface area contributed by atoms with E-state index in [9.17, 15) is 4.79 Å². The number of aromatic amines is 1. The number of hydrogen-bond acceptors (Lipinski definition) is 7. The van der Waals surface area contributed by atoms with Crippen molar-refractivity contribution in [1.29, 1.82) is 0 Å². The highest BCUT2D eigenvalue weighted by Crippen LogP contribution is 2.35. The van der Waals surface area contributed by atoms with Crippen LogP contribution in [0.25, 0.3) is 10.9 Å². The van der Waals surface area contributed by atoms with Gasteiger partial charge in [0.05, 0.1) is 31.7 Å². The molecular formula is C21H25N3O5. The van der Waals surface area contributed by atoms with Crippen molar-refractivity contribution in [2.75, 3.05) is 39.4 Å². The van der Waals surface area contributed by atoms with Gasteiger partial charge in [0, 0.05) is 25.2 Å². The fourth-order valence-electron chi connectivity index (χ4n) is 3.27. The van der Waals surface area contributed by atoms with Crippen molar-refractivity contribution >= 4 is 16.9 Å². The molecule has 3 aromatic rings. The number of H-pyrrole nitrogens is 1. The average Bonchev–Trinajstić information content (AvgIpc) is 2.71. The van der Waals surface area contributed by atoms with Crippen LogP contribution in [0.1, 0.15) is 11.1 Å². The fourth-order valence-corrected chi connectivity index (χ4v) is 3.27. The first-order valence-corrected chi connectivity index (χ1v) is 9.17. The minimum atomic E-state index is -0.240. The van der Waals surface area contributed by atoms with Crippen LogP contribution in [-0.2, 0) is 6.54 Å². The number of aliphatic hydroxyl groups excluding tert-OH is 1. The van der Waals surface area contributed by atoms with Gasteiger partial charge in [0.15, 0.2) is 11.5 Å². The van der Waals surface area contributed by atoms with Crippen LogP contribution < -0.4 is 24.7 Å².